The van der Waals surface area contributed by atoms with E-state index in [0.29, 0.717) is 35.0 Å². The number of rotatable bonds is 8. The van der Waals surface area contributed by atoms with Gasteiger partial charge < -0.3 is 14.9 Å². The number of hydrogen-bond acceptors (Lipinski definition) is 7. The fourth-order valence-corrected chi connectivity index (χ4v) is 4.32. The lowest BCUT2D eigenvalue weighted by Gasteiger charge is -2.29. The molecule has 0 aliphatic carbocycles. The molecule has 0 spiro atoms. The average Bonchev–Trinajstić information content (AvgIpc) is 3.43. The van der Waals surface area contributed by atoms with Crippen LogP contribution in [-0.4, -0.2) is 39.9 Å². The Hall–Kier alpha value is -4.27. The Morgan fingerprint density at radius 1 is 1.14 bits per heavy atom. The van der Waals surface area contributed by atoms with Gasteiger partial charge in [0.05, 0.1) is 11.6 Å². The smallest absolute Gasteiger partial charge is 0.294 e. The third kappa shape index (κ3) is 4.64. The molecule has 186 valence electrons. The van der Waals surface area contributed by atoms with Gasteiger partial charge in [0.2, 0.25) is 17.6 Å². The summed E-state index contributed by atoms with van der Waals surface area (Å²) >= 11 is 0. The van der Waals surface area contributed by atoms with Gasteiger partial charge in [0.25, 0.3) is 5.91 Å². The van der Waals surface area contributed by atoms with Crippen LogP contribution in [0.3, 0.4) is 0 Å². The monoisotopic (exact) mass is 488 g/mol. The summed E-state index contributed by atoms with van der Waals surface area (Å²) < 4.78 is 5.05. The number of aliphatic hydroxyl groups excluding tert-OH is 1. The summed E-state index contributed by atoms with van der Waals surface area (Å²) in [6.07, 6.45) is 0.657. The SMILES string of the molecule is CNC(=O)CCc1ccccc1C1C(C(=O)C(C)C)=C(O)C(=O)N1c1ccc(-c2noc(C)n2)cc1. The predicted octanol–water partition coefficient (Wildman–Crippen LogP) is 3.85. The lowest BCUT2D eigenvalue weighted by atomic mass is 9.87. The van der Waals surface area contributed by atoms with Gasteiger partial charge in [-0.15, -0.1) is 0 Å². The molecule has 0 bridgehead atoms. The minimum atomic E-state index is -0.841. The van der Waals surface area contributed by atoms with Crippen molar-refractivity contribution in [2.24, 2.45) is 5.92 Å². The Kier molecular flexibility index (Phi) is 7.00. The molecule has 9 nitrogen and oxygen atoms in total. The Labute approximate surface area is 208 Å². The van der Waals surface area contributed by atoms with E-state index in [9.17, 15) is 19.5 Å². The maximum absolute atomic E-state index is 13.4. The van der Waals surface area contributed by atoms with Crippen LogP contribution >= 0.6 is 0 Å². The van der Waals surface area contributed by atoms with E-state index >= 15 is 0 Å². The number of carbonyl (C=O) groups excluding carboxylic acids is 3. The lowest BCUT2D eigenvalue weighted by Crippen LogP contribution is -2.32. The Balaban J connectivity index is 1.80. The largest absolute Gasteiger partial charge is 0.503 e. The van der Waals surface area contributed by atoms with Gasteiger partial charge in [-0.05, 0) is 41.8 Å². The maximum Gasteiger partial charge on any atom is 0.294 e. The van der Waals surface area contributed by atoms with Crippen LogP contribution in [-0.2, 0) is 20.8 Å². The molecule has 0 fully saturated rings. The van der Waals surface area contributed by atoms with Crippen molar-refractivity contribution in [2.45, 2.75) is 39.7 Å². The van der Waals surface area contributed by atoms with E-state index in [-0.39, 0.29) is 23.7 Å². The molecule has 4 rings (SSSR count). The number of ketones is 1. The second-order valence-corrected chi connectivity index (χ2v) is 8.91. The van der Waals surface area contributed by atoms with Crippen LogP contribution in [0.4, 0.5) is 5.69 Å². The molecule has 1 unspecified atom stereocenters. The van der Waals surface area contributed by atoms with Gasteiger partial charge in [0.1, 0.15) is 0 Å². The number of aromatic nitrogens is 2. The summed E-state index contributed by atoms with van der Waals surface area (Å²) in [6.45, 7) is 5.15. The van der Waals surface area contributed by atoms with E-state index in [2.05, 4.69) is 15.5 Å². The van der Waals surface area contributed by atoms with Crippen LogP contribution in [0, 0.1) is 12.8 Å². The van der Waals surface area contributed by atoms with E-state index < -0.39 is 23.6 Å². The normalized spacial score (nSPS) is 15.6. The first-order chi connectivity index (χ1) is 17.2. The molecule has 0 saturated carbocycles. The van der Waals surface area contributed by atoms with Gasteiger partial charge >= 0.3 is 0 Å². The van der Waals surface area contributed by atoms with Crippen molar-refractivity contribution in [1.82, 2.24) is 15.5 Å². The fourth-order valence-electron chi connectivity index (χ4n) is 4.32. The van der Waals surface area contributed by atoms with E-state index in [1.165, 1.54) is 4.90 Å². The second kappa shape index (κ2) is 10.2. The number of nitrogens with zero attached hydrogens (tertiary/aromatic N) is 3. The number of hydrogen-bond donors (Lipinski definition) is 2. The quantitative estimate of drug-likeness (QED) is 0.493. The maximum atomic E-state index is 13.4. The van der Waals surface area contributed by atoms with Crippen molar-refractivity contribution < 1.29 is 24.0 Å². The molecule has 36 heavy (non-hydrogen) atoms. The number of carbonyl (C=O) groups is 3. The molecule has 1 aliphatic heterocycles. The molecule has 0 radical (unpaired) electrons. The van der Waals surface area contributed by atoms with Crippen molar-refractivity contribution in [1.29, 1.82) is 0 Å². The Morgan fingerprint density at radius 2 is 1.83 bits per heavy atom. The summed E-state index contributed by atoms with van der Waals surface area (Å²) in [6, 6.07) is 13.5. The Morgan fingerprint density at radius 3 is 2.44 bits per heavy atom. The van der Waals surface area contributed by atoms with Gasteiger partial charge in [0, 0.05) is 37.6 Å². The van der Waals surface area contributed by atoms with Gasteiger partial charge in [-0.1, -0.05) is 43.3 Å². The summed E-state index contributed by atoms with van der Waals surface area (Å²) in [7, 11) is 1.57. The van der Waals surface area contributed by atoms with E-state index in [0.717, 1.165) is 5.56 Å². The van der Waals surface area contributed by atoms with Gasteiger partial charge in [-0.2, -0.15) is 4.98 Å². The van der Waals surface area contributed by atoms with Gasteiger partial charge in [0.15, 0.2) is 11.5 Å². The van der Waals surface area contributed by atoms with E-state index in [1.54, 1.807) is 52.1 Å². The van der Waals surface area contributed by atoms with Crippen molar-refractivity contribution >= 4 is 23.3 Å². The van der Waals surface area contributed by atoms with E-state index in [4.69, 9.17) is 4.52 Å². The molecule has 2 N–H and O–H groups in total. The van der Waals surface area contributed by atoms with Crippen LogP contribution < -0.4 is 10.2 Å². The third-order valence-electron chi connectivity index (χ3n) is 6.18. The van der Waals surface area contributed by atoms with Crippen LogP contribution in [0.25, 0.3) is 11.4 Å². The molecule has 0 saturated heterocycles. The molecule has 2 aromatic carbocycles. The zero-order valence-corrected chi connectivity index (χ0v) is 20.6. The van der Waals surface area contributed by atoms with Gasteiger partial charge in [-0.3, -0.25) is 19.3 Å². The second-order valence-electron chi connectivity index (χ2n) is 8.91. The number of nitrogens with one attached hydrogen (secondary N) is 1. The number of amides is 2. The van der Waals surface area contributed by atoms with Crippen molar-refractivity contribution in [3.8, 4) is 11.4 Å². The average molecular weight is 489 g/mol. The number of aliphatic hydroxyl groups is 1. The molecule has 2 heterocycles. The minimum absolute atomic E-state index is 0.0558. The lowest BCUT2D eigenvalue weighted by molar-refractivity contribution is -0.120. The highest BCUT2D eigenvalue weighted by molar-refractivity contribution is 6.17. The van der Waals surface area contributed by atoms with Crippen LogP contribution in [0.2, 0.25) is 0 Å². The van der Waals surface area contributed by atoms with Crippen LogP contribution in [0.1, 0.15) is 43.3 Å². The molecular formula is C27H28N4O5. The zero-order valence-electron chi connectivity index (χ0n) is 20.6. The van der Waals surface area contributed by atoms with Crippen LogP contribution in [0.15, 0.2) is 64.4 Å². The van der Waals surface area contributed by atoms with Crippen LogP contribution in [0.5, 0.6) is 0 Å². The topological polar surface area (TPSA) is 126 Å². The highest BCUT2D eigenvalue weighted by Gasteiger charge is 2.45. The molecule has 1 atom stereocenters. The zero-order chi connectivity index (χ0) is 26.0. The number of benzene rings is 2. The van der Waals surface area contributed by atoms with E-state index in [1.807, 2.05) is 24.3 Å². The number of aryl methyl sites for hydroxylation is 2. The number of anilines is 1. The molecule has 1 aromatic heterocycles. The summed E-state index contributed by atoms with van der Waals surface area (Å²) in [5.41, 5.74) is 2.74. The first-order valence-electron chi connectivity index (χ1n) is 11.7. The molecule has 2 amide bonds. The molecule has 1 aliphatic rings. The minimum Gasteiger partial charge on any atom is -0.503 e. The fraction of sp³-hybridized carbons (Fsp3) is 0.296. The van der Waals surface area contributed by atoms with Crippen molar-refractivity contribution in [2.75, 3.05) is 11.9 Å². The number of Topliss-reactive ketones (excluding diaryl/α,β-unsaturated/α-hetero) is 1. The third-order valence-corrected chi connectivity index (χ3v) is 6.18. The first-order valence-corrected chi connectivity index (χ1v) is 11.7. The summed E-state index contributed by atoms with van der Waals surface area (Å²) in [5, 5.41) is 17.4. The Bertz CT molecular complexity index is 1340. The molecular weight excluding hydrogens is 460 g/mol. The molecule has 3 aromatic rings. The van der Waals surface area contributed by atoms with Crippen molar-refractivity contribution in [3.63, 3.8) is 0 Å². The standard InChI is InChI=1S/C27H28N4O5/c1-15(2)24(33)22-23(20-8-6-5-7-17(20)11-14-21(32)28-4)31(27(35)25(22)34)19-12-9-18(10-13-19)26-29-16(3)36-30-26/h5-10,12-13,15,23,34H,11,14H2,1-4H3,(H,28,32). The van der Waals surface area contributed by atoms with Gasteiger partial charge in [-0.25, -0.2) is 0 Å². The first kappa shape index (κ1) is 24.8. The summed E-state index contributed by atoms with van der Waals surface area (Å²) in [4.78, 5) is 44.2. The highest BCUT2D eigenvalue weighted by atomic mass is 16.5. The highest BCUT2D eigenvalue weighted by Crippen LogP contribution is 2.43. The molecule has 9 heteroatoms. The van der Waals surface area contributed by atoms with Crippen molar-refractivity contribution in [3.05, 3.63) is 76.9 Å². The summed E-state index contributed by atoms with van der Waals surface area (Å²) in [5.74, 6) is -1.23. The predicted molar refractivity (Wildman–Crippen MR) is 133 cm³/mol.